The van der Waals surface area contributed by atoms with Crippen LogP contribution < -0.4 is 5.73 Å². The summed E-state index contributed by atoms with van der Waals surface area (Å²) in [5.74, 6) is 0. The van der Waals surface area contributed by atoms with Crippen LogP contribution in [-0.4, -0.2) is 17.4 Å². The molecular weight excluding hydrogens is 132 g/mol. The van der Waals surface area contributed by atoms with Crippen LogP contribution in [0, 0.1) is 0 Å². The second kappa shape index (κ2) is 4.01. The van der Waals surface area contributed by atoms with Gasteiger partial charge in [0.15, 0.2) is 8.03 Å². The summed E-state index contributed by atoms with van der Waals surface area (Å²) in [6.45, 7) is 0. The number of hydrogen-bond donors (Lipinski definition) is 2. The van der Waals surface area contributed by atoms with Crippen molar-refractivity contribution >= 4 is 8.03 Å². The summed E-state index contributed by atoms with van der Waals surface area (Å²) in [6, 6.07) is 0. The molecule has 0 amide bonds. The van der Waals surface area contributed by atoms with Gasteiger partial charge in [0.25, 0.3) is 0 Å². The molecule has 50 valence electrons. The molecule has 0 aromatic rings. The minimum absolute atomic E-state index is 0.0116. The highest BCUT2D eigenvalue weighted by atomic mass is 31.1. The average Bonchev–Trinajstić information content (AvgIpc) is 1.61. The van der Waals surface area contributed by atoms with E-state index < -0.39 is 14.3 Å². The van der Waals surface area contributed by atoms with Crippen LogP contribution in [0.4, 0.5) is 4.39 Å². The van der Waals surface area contributed by atoms with Gasteiger partial charge >= 0.3 is 0 Å². The molecule has 3 N–H and O–H groups in total. The van der Waals surface area contributed by atoms with Crippen molar-refractivity contribution in [1.29, 1.82) is 0 Å². The smallest absolute Gasteiger partial charge is 0.189 e. The van der Waals surface area contributed by atoms with Crippen LogP contribution in [0.15, 0.2) is 0 Å². The summed E-state index contributed by atoms with van der Waals surface area (Å²) in [7, 11) is -2.50. The van der Waals surface area contributed by atoms with E-state index in [1.807, 2.05) is 0 Å². The van der Waals surface area contributed by atoms with Crippen LogP contribution in [0.3, 0.4) is 0 Å². The molecule has 0 aromatic heterocycles. The maximum atomic E-state index is 11.6. The molecule has 0 saturated carbocycles. The van der Waals surface area contributed by atoms with Crippen LogP contribution in [0.5, 0.6) is 0 Å². The van der Waals surface area contributed by atoms with E-state index in [1.165, 1.54) is 0 Å². The summed E-state index contributed by atoms with van der Waals surface area (Å²) >= 11 is 0. The first kappa shape index (κ1) is 8.08. The lowest BCUT2D eigenvalue weighted by Crippen LogP contribution is -2.13. The second-order valence-corrected chi connectivity index (χ2v) is 2.74. The Balaban J connectivity index is 3.05. The fraction of sp³-hybridized carbons (Fsp3) is 1.00. The fourth-order valence-electron chi connectivity index (χ4n) is 0.261. The minimum Gasteiger partial charge on any atom is -0.346 e. The second-order valence-electron chi connectivity index (χ2n) is 1.45. The minimum atomic E-state index is -2.50. The lowest BCUT2D eigenvalue weighted by atomic mass is 10.5. The van der Waals surface area contributed by atoms with Crippen molar-refractivity contribution in [3.8, 4) is 0 Å². The van der Waals surface area contributed by atoms with Gasteiger partial charge in [0.1, 0.15) is 6.30 Å². The van der Waals surface area contributed by atoms with Crippen molar-refractivity contribution < 1.29 is 13.8 Å². The molecule has 2 unspecified atom stereocenters. The van der Waals surface area contributed by atoms with E-state index in [1.54, 1.807) is 0 Å². The van der Waals surface area contributed by atoms with Crippen LogP contribution in [0.1, 0.15) is 6.42 Å². The highest BCUT2D eigenvalue weighted by molar-refractivity contribution is 7.37. The molecule has 8 heavy (non-hydrogen) atoms. The topological polar surface area (TPSA) is 63.3 Å². The Morgan fingerprint density at radius 1 is 1.88 bits per heavy atom. The number of nitrogens with two attached hydrogens (primary N) is 1. The summed E-state index contributed by atoms with van der Waals surface area (Å²) < 4.78 is 21.5. The van der Waals surface area contributed by atoms with E-state index in [0.29, 0.717) is 0 Å². The first-order valence-corrected chi connectivity index (χ1v) is 3.80. The van der Waals surface area contributed by atoms with Crippen LogP contribution in [-0.2, 0) is 4.57 Å². The average molecular weight is 141 g/mol. The monoisotopic (exact) mass is 141 g/mol. The van der Waals surface area contributed by atoms with Gasteiger partial charge in [0.05, 0.1) is 0 Å². The van der Waals surface area contributed by atoms with Gasteiger partial charge < -0.3 is 10.6 Å². The van der Waals surface area contributed by atoms with Gasteiger partial charge in [-0.05, 0) is 0 Å². The standard InChI is InChI=1S/C3H9FNO2P/c4-3(5)1-2-8(6)7/h3,8H,1-2,5H2,(H,6,7). The lowest BCUT2D eigenvalue weighted by Gasteiger charge is -1.95. The van der Waals surface area contributed by atoms with E-state index >= 15 is 0 Å². The molecule has 0 heterocycles. The zero-order chi connectivity index (χ0) is 6.57. The number of alkyl halides is 1. The van der Waals surface area contributed by atoms with Gasteiger partial charge in [-0.15, -0.1) is 0 Å². The van der Waals surface area contributed by atoms with Crippen molar-refractivity contribution in [3.05, 3.63) is 0 Å². The Hall–Kier alpha value is 0.0800. The van der Waals surface area contributed by atoms with E-state index in [-0.39, 0.29) is 12.6 Å². The zero-order valence-electron chi connectivity index (χ0n) is 4.30. The third kappa shape index (κ3) is 6.08. The molecule has 0 saturated heterocycles. The Labute approximate surface area is 47.6 Å². The molecule has 0 aromatic carbocycles. The van der Waals surface area contributed by atoms with Crippen LogP contribution >= 0.6 is 8.03 Å². The van der Waals surface area contributed by atoms with Crippen molar-refractivity contribution in [2.75, 3.05) is 6.16 Å². The molecule has 0 fully saturated rings. The van der Waals surface area contributed by atoms with E-state index in [2.05, 4.69) is 5.73 Å². The SMILES string of the molecule is NC(F)CC[PH](=O)O. The van der Waals surface area contributed by atoms with Gasteiger partial charge in [-0.25, -0.2) is 4.39 Å². The van der Waals surface area contributed by atoms with Crippen molar-refractivity contribution in [2.24, 2.45) is 5.73 Å². The summed E-state index contributed by atoms with van der Waals surface area (Å²) in [4.78, 5) is 8.13. The van der Waals surface area contributed by atoms with E-state index in [0.717, 1.165) is 0 Å². The Kier molecular flexibility index (Phi) is 4.05. The van der Waals surface area contributed by atoms with Crippen LogP contribution in [0.25, 0.3) is 0 Å². The van der Waals surface area contributed by atoms with Crippen molar-refractivity contribution in [2.45, 2.75) is 12.7 Å². The van der Waals surface area contributed by atoms with Gasteiger partial charge in [-0.1, -0.05) is 0 Å². The number of hydrogen-bond acceptors (Lipinski definition) is 2. The summed E-state index contributed by atoms with van der Waals surface area (Å²) in [5, 5.41) is 0. The molecule has 0 bridgehead atoms. The van der Waals surface area contributed by atoms with E-state index in [4.69, 9.17) is 4.89 Å². The lowest BCUT2D eigenvalue weighted by molar-refractivity contribution is 0.333. The summed E-state index contributed by atoms with van der Waals surface area (Å²) in [6.07, 6.45) is -1.48. The third-order valence-corrected chi connectivity index (χ3v) is 1.35. The molecule has 2 atom stereocenters. The first-order valence-electron chi connectivity index (χ1n) is 2.24. The fourth-order valence-corrected chi connectivity index (χ4v) is 0.784. The molecule has 0 aliphatic carbocycles. The highest BCUT2D eigenvalue weighted by Gasteiger charge is 1.99. The Morgan fingerprint density at radius 3 is 2.50 bits per heavy atom. The van der Waals surface area contributed by atoms with Gasteiger partial charge in [-0.3, -0.25) is 4.57 Å². The highest BCUT2D eigenvalue weighted by Crippen LogP contribution is 2.14. The predicted octanol–water partition coefficient (Wildman–Crippen LogP) is 0.0978. The van der Waals surface area contributed by atoms with Crippen molar-refractivity contribution in [3.63, 3.8) is 0 Å². The first-order chi connectivity index (χ1) is 3.63. The molecule has 0 aliphatic rings. The normalized spacial score (nSPS) is 17.9. The zero-order valence-corrected chi connectivity index (χ0v) is 5.30. The number of rotatable bonds is 3. The number of halogens is 1. The molecule has 0 radical (unpaired) electrons. The Bertz CT molecular complexity index is 87.4. The van der Waals surface area contributed by atoms with Gasteiger partial charge in [-0.2, -0.15) is 0 Å². The molecular formula is C3H9FNO2P. The molecule has 3 nitrogen and oxygen atoms in total. The maximum absolute atomic E-state index is 11.6. The predicted molar refractivity (Wildman–Crippen MR) is 29.8 cm³/mol. The summed E-state index contributed by atoms with van der Waals surface area (Å²) in [5.41, 5.74) is 4.64. The molecule has 0 spiro atoms. The molecule has 0 aliphatic heterocycles. The molecule has 0 rings (SSSR count). The van der Waals surface area contributed by atoms with Crippen LogP contribution in [0.2, 0.25) is 0 Å². The largest absolute Gasteiger partial charge is 0.346 e. The Morgan fingerprint density at radius 2 is 2.38 bits per heavy atom. The van der Waals surface area contributed by atoms with Gasteiger partial charge in [0.2, 0.25) is 0 Å². The third-order valence-electron chi connectivity index (χ3n) is 0.634. The van der Waals surface area contributed by atoms with Crippen molar-refractivity contribution in [1.82, 2.24) is 0 Å². The molecule has 5 heteroatoms. The van der Waals surface area contributed by atoms with E-state index in [9.17, 15) is 8.96 Å². The maximum Gasteiger partial charge on any atom is 0.189 e. The quantitative estimate of drug-likeness (QED) is 0.432. The van der Waals surface area contributed by atoms with Gasteiger partial charge in [0, 0.05) is 12.6 Å².